The lowest BCUT2D eigenvalue weighted by molar-refractivity contribution is -0.138. The molecule has 0 amide bonds. The lowest BCUT2D eigenvalue weighted by Crippen LogP contribution is -2.31. The van der Waals surface area contributed by atoms with Gasteiger partial charge < -0.3 is 0 Å². The molecule has 0 aliphatic rings. The van der Waals surface area contributed by atoms with Gasteiger partial charge in [-0.1, -0.05) is 13.8 Å². The third kappa shape index (κ3) is 3.68. The highest BCUT2D eigenvalue weighted by Gasteiger charge is 2.35. The maximum Gasteiger partial charge on any atom is 0.416 e. The van der Waals surface area contributed by atoms with Crippen molar-refractivity contribution >= 4 is 0 Å². The van der Waals surface area contributed by atoms with Gasteiger partial charge in [-0.05, 0) is 36.1 Å². The molecule has 6 heteroatoms. The van der Waals surface area contributed by atoms with E-state index in [4.69, 9.17) is 5.84 Å². The fraction of sp³-hybridized carbons (Fsp3) is 0.500. The SMILES string of the molecule is CC(C)CC(NN)c1cc(F)ccc1C(F)(F)F. The van der Waals surface area contributed by atoms with E-state index in [1.807, 2.05) is 13.8 Å². The first-order valence-electron chi connectivity index (χ1n) is 5.58. The largest absolute Gasteiger partial charge is 0.416 e. The van der Waals surface area contributed by atoms with Crippen molar-refractivity contribution in [3.8, 4) is 0 Å². The molecule has 18 heavy (non-hydrogen) atoms. The number of halogens is 4. The van der Waals surface area contributed by atoms with E-state index in [1.54, 1.807) is 0 Å². The first-order chi connectivity index (χ1) is 8.25. The highest BCUT2D eigenvalue weighted by molar-refractivity contribution is 5.33. The van der Waals surface area contributed by atoms with Crippen molar-refractivity contribution < 1.29 is 17.6 Å². The van der Waals surface area contributed by atoms with E-state index >= 15 is 0 Å². The van der Waals surface area contributed by atoms with Crippen LogP contribution in [0.4, 0.5) is 17.6 Å². The van der Waals surface area contributed by atoms with Crippen LogP contribution in [0.2, 0.25) is 0 Å². The zero-order chi connectivity index (χ0) is 13.9. The van der Waals surface area contributed by atoms with E-state index in [1.165, 1.54) is 0 Å². The van der Waals surface area contributed by atoms with Gasteiger partial charge in [-0.25, -0.2) is 4.39 Å². The van der Waals surface area contributed by atoms with Crippen LogP contribution in [0.15, 0.2) is 18.2 Å². The van der Waals surface area contributed by atoms with Gasteiger partial charge in [0.05, 0.1) is 5.56 Å². The zero-order valence-corrected chi connectivity index (χ0v) is 10.2. The number of rotatable bonds is 4. The van der Waals surface area contributed by atoms with Crippen LogP contribution in [0.5, 0.6) is 0 Å². The van der Waals surface area contributed by atoms with Gasteiger partial charge in [-0.3, -0.25) is 11.3 Å². The Morgan fingerprint density at radius 3 is 2.33 bits per heavy atom. The van der Waals surface area contributed by atoms with Crippen LogP contribution in [-0.2, 0) is 6.18 Å². The van der Waals surface area contributed by atoms with Crippen LogP contribution >= 0.6 is 0 Å². The van der Waals surface area contributed by atoms with Crippen LogP contribution in [0, 0.1) is 11.7 Å². The van der Waals surface area contributed by atoms with Gasteiger partial charge in [0.25, 0.3) is 0 Å². The highest BCUT2D eigenvalue weighted by Crippen LogP contribution is 2.36. The van der Waals surface area contributed by atoms with Crippen molar-refractivity contribution in [3.63, 3.8) is 0 Å². The van der Waals surface area contributed by atoms with Crippen molar-refractivity contribution in [1.29, 1.82) is 0 Å². The Bertz CT molecular complexity index is 402. The van der Waals surface area contributed by atoms with E-state index in [-0.39, 0.29) is 11.5 Å². The molecule has 0 saturated heterocycles. The smallest absolute Gasteiger partial charge is 0.271 e. The molecule has 1 unspecified atom stereocenters. The maximum absolute atomic E-state index is 13.1. The highest BCUT2D eigenvalue weighted by atomic mass is 19.4. The predicted octanol–water partition coefficient (Wildman–Crippen LogP) is 3.40. The van der Waals surface area contributed by atoms with Gasteiger partial charge in [0.2, 0.25) is 0 Å². The third-order valence-corrected chi connectivity index (χ3v) is 2.60. The summed E-state index contributed by atoms with van der Waals surface area (Å²) in [5.74, 6) is 4.70. The van der Waals surface area contributed by atoms with Gasteiger partial charge in [-0.15, -0.1) is 0 Å². The Hall–Kier alpha value is -1.14. The summed E-state index contributed by atoms with van der Waals surface area (Å²) in [7, 11) is 0. The molecule has 0 bridgehead atoms. The van der Waals surface area contributed by atoms with Crippen LogP contribution in [-0.4, -0.2) is 0 Å². The minimum Gasteiger partial charge on any atom is -0.271 e. The second-order valence-electron chi connectivity index (χ2n) is 4.58. The molecule has 1 rings (SSSR count). The summed E-state index contributed by atoms with van der Waals surface area (Å²) in [5, 5.41) is 0. The quantitative estimate of drug-likeness (QED) is 0.497. The molecule has 102 valence electrons. The fourth-order valence-corrected chi connectivity index (χ4v) is 1.84. The molecule has 3 N–H and O–H groups in total. The van der Waals surface area contributed by atoms with Crippen molar-refractivity contribution in [3.05, 3.63) is 35.1 Å². The second-order valence-corrected chi connectivity index (χ2v) is 4.58. The van der Waals surface area contributed by atoms with Gasteiger partial charge in [0.15, 0.2) is 0 Å². The molecule has 0 fully saturated rings. The Labute approximate surface area is 103 Å². The molecule has 2 nitrogen and oxygen atoms in total. The zero-order valence-electron chi connectivity index (χ0n) is 10.2. The lowest BCUT2D eigenvalue weighted by Gasteiger charge is -2.22. The summed E-state index contributed by atoms with van der Waals surface area (Å²) in [4.78, 5) is 0. The third-order valence-electron chi connectivity index (χ3n) is 2.60. The Balaban J connectivity index is 3.22. The summed E-state index contributed by atoms with van der Waals surface area (Å²) in [6.07, 6.45) is -4.13. The molecule has 0 spiro atoms. The van der Waals surface area contributed by atoms with Crippen molar-refractivity contribution in [2.45, 2.75) is 32.5 Å². The summed E-state index contributed by atoms with van der Waals surface area (Å²) >= 11 is 0. The minimum absolute atomic E-state index is 0.135. The summed E-state index contributed by atoms with van der Waals surface area (Å²) < 4.78 is 51.6. The Morgan fingerprint density at radius 1 is 1.28 bits per heavy atom. The standard InChI is InChI=1S/C12H16F4N2/c1-7(2)5-11(18-17)9-6-8(13)3-4-10(9)12(14,15)16/h3-4,6-7,11,18H,5,17H2,1-2H3. The number of benzene rings is 1. The summed E-state index contributed by atoms with van der Waals surface area (Å²) in [5.41, 5.74) is 1.31. The van der Waals surface area contributed by atoms with Crippen LogP contribution in [0.3, 0.4) is 0 Å². The molecule has 0 aromatic heterocycles. The van der Waals surface area contributed by atoms with Gasteiger partial charge in [-0.2, -0.15) is 13.2 Å². The predicted molar refractivity (Wildman–Crippen MR) is 60.9 cm³/mol. The molecule has 1 aromatic carbocycles. The molecular weight excluding hydrogens is 248 g/mol. The number of nitrogens with one attached hydrogen (secondary N) is 1. The van der Waals surface area contributed by atoms with Crippen molar-refractivity contribution in [1.82, 2.24) is 5.43 Å². The average Bonchev–Trinajstić information content (AvgIpc) is 2.23. The first-order valence-corrected chi connectivity index (χ1v) is 5.58. The molecular formula is C12H16F4N2. The molecule has 0 aliphatic carbocycles. The molecule has 0 aliphatic heterocycles. The Morgan fingerprint density at radius 2 is 1.89 bits per heavy atom. The minimum atomic E-state index is -4.52. The number of alkyl halides is 3. The topological polar surface area (TPSA) is 38.0 Å². The average molecular weight is 264 g/mol. The second kappa shape index (κ2) is 5.67. The van der Waals surface area contributed by atoms with Gasteiger partial charge in [0, 0.05) is 6.04 Å². The fourth-order valence-electron chi connectivity index (χ4n) is 1.84. The van der Waals surface area contributed by atoms with Crippen LogP contribution < -0.4 is 11.3 Å². The van der Waals surface area contributed by atoms with Crippen molar-refractivity contribution in [2.75, 3.05) is 0 Å². The molecule has 0 saturated carbocycles. The monoisotopic (exact) mass is 264 g/mol. The van der Waals surface area contributed by atoms with Gasteiger partial charge in [0.1, 0.15) is 5.82 Å². The van der Waals surface area contributed by atoms with E-state index in [0.29, 0.717) is 6.42 Å². The van der Waals surface area contributed by atoms with Crippen LogP contribution in [0.1, 0.15) is 37.4 Å². The molecule has 1 atom stereocenters. The first kappa shape index (κ1) is 14.9. The Kier molecular flexibility index (Phi) is 4.70. The number of hydrogen-bond acceptors (Lipinski definition) is 2. The number of hydrogen-bond donors (Lipinski definition) is 2. The molecule has 0 heterocycles. The molecule has 0 radical (unpaired) electrons. The maximum atomic E-state index is 13.1. The normalized spacial score (nSPS) is 14.0. The summed E-state index contributed by atoms with van der Waals surface area (Å²) in [6.45, 7) is 3.72. The lowest BCUT2D eigenvalue weighted by atomic mass is 9.93. The van der Waals surface area contributed by atoms with Crippen molar-refractivity contribution in [2.24, 2.45) is 11.8 Å². The number of hydrazine groups is 1. The van der Waals surface area contributed by atoms with E-state index < -0.39 is 23.6 Å². The van der Waals surface area contributed by atoms with E-state index in [2.05, 4.69) is 5.43 Å². The molecule has 1 aromatic rings. The van der Waals surface area contributed by atoms with Crippen LogP contribution in [0.25, 0.3) is 0 Å². The van der Waals surface area contributed by atoms with E-state index in [0.717, 1.165) is 18.2 Å². The number of nitrogens with two attached hydrogens (primary N) is 1. The van der Waals surface area contributed by atoms with E-state index in [9.17, 15) is 17.6 Å². The van der Waals surface area contributed by atoms with Gasteiger partial charge >= 0.3 is 6.18 Å². The summed E-state index contributed by atoms with van der Waals surface area (Å²) in [6, 6.07) is 1.71.